The maximum absolute atomic E-state index is 13.5. The van der Waals surface area contributed by atoms with E-state index < -0.39 is 0 Å². The third kappa shape index (κ3) is 3.14. The van der Waals surface area contributed by atoms with Crippen LogP contribution in [0, 0.1) is 0 Å². The molecule has 32 heavy (non-hydrogen) atoms. The van der Waals surface area contributed by atoms with Crippen molar-refractivity contribution < 1.29 is 9.59 Å². The second-order valence-corrected chi connectivity index (χ2v) is 10.3. The minimum atomic E-state index is -0.325. The van der Waals surface area contributed by atoms with Crippen LogP contribution in [0.3, 0.4) is 0 Å². The lowest BCUT2D eigenvalue weighted by atomic mass is 9.85. The molecule has 2 aromatic rings. The zero-order chi connectivity index (χ0) is 22.0. The SMILES string of the molecule is O=C(C(=O)N1C2CCC1C(c1ccc(Cl)nc1)C2)N1C2CCC1C(c1ccc(Cl)nc1)C2. The van der Waals surface area contributed by atoms with Gasteiger partial charge in [-0.15, -0.1) is 0 Å². The van der Waals surface area contributed by atoms with Gasteiger partial charge >= 0.3 is 11.8 Å². The zero-order valence-electron chi connectivity index (χ0n) is 17.5. The summed E-state index contributed by atoms with van der Waals surface area (Å²) < 4.78 is 0. The normalized spacial score (nSPS) is 32.7. The maximum atomic E-state index is 13.5. The van der Waals surface area contributed by atoms with Gasteiger partial charge in [0.15, 0.2) is 0 Å². The number of pyridine rings is 2. The highest BCUT2D eigenvalue weighted by atomic mass is 35.5. The van der Waals surface area contributed by atoms with Crippen LogP contribution in [0.1, 0.15) is 61.5 Å². The standard InChI is InChI=1S/C24H24Cl2N4O2/c25-21-7-1-13(11-27-21)17-9-15-3-5-19(17)29(15)23(31)24(32)30-16-4-6-20(30)18(10-16)14-2-8-22(26)28-12-14/h1-2,7-8,11-12,15-20H,3-6,9-10H2. The molecule has 0 radical (unpaired) electrons. The van der Waals surface area contributed by atoms with E-state index in [9.17, 15) is 9.59 Å². The van der Waals surface area contributed by atoms with Gasteiger partial charge in [0.25, 0.3) is 0 Å². The summed E-state index contributed by atoms with van der Waals surface area (Å²) in [6.07, 6.45) is 9.19. The van der Waals surface area contributed by atoms with Gasteiger partial charge in [0.05, 0.1) is 0 Å². The van der Waals surface area contributed by atoms with Crippen LogP contribution in [0.4, 0.5) is 0 Å². The minimum Gasteiger partial charge on any atom is -0.328 e. The van der Waals surface area contributed by atoms with Crippen molar-refractivity contribution in [2.24, 2.45) is 0 Å². The van der Waals surface area contributed by atoms with Gasteiger partial charge in [0, 0.05) is 48.4 Å². The number of carbonyl (C=O) groups is 2. The molecular weight excluding hydrogens is 447 g/mol. The van der Waals surface area contributed by atoms with Crippen LogP contribution in [0.5, 0.6) is 0 Å². The summed E-state index contributed by atoms with van der Waals surface area (Å²) >= 11 is 11.9. The molecule has 4 bridgehead atoms. The van der Waals surface area contributed by atoms with E-state index in [2.05, 4.69) is 9.97 Å². The Morgan fingerprint density at radius 3 is 1.53 bits per heavy atom. The fourth-order valence-corrected chi connectivity index (χ4v) is 6.98. The molecule has 2 amide bonds. The van der Waals surface area contributed by atoms with Gasteiger partial charge in [-0.25, -0.2) is 9.97 Å². The summed E-state index contributed by atoms with van der Waals surface area (Å²) in [6.45, 7) is 0. The summed E-state index contributed by atoms with van der Waals surface area (Å²) in [5, 5.41) is 0.935. The molecule has 0 N–H and O–H groups in total. The number of rotatable bonds is 2. The second-order valence-electron chi connectivity index (χ2n) is 9.53. The molecule has 0 saturated carbocycles. The van der Waals surface area contributed by atoms with Crippen LogP contribution in [0.2, 0.25) is 10.3 Å². The molecule has 6 rings (SSSR count). The Kier molecular flexibility index (Phi) is 4.92. The lowest BCUT2D eigenvalue weighted by Crippen LogP contribution is -2.49. The van der Waals surface area contributed by atoms with Gasteiger partial charge in [-0.05, 0) is 61.8 Å². The van der Waals surface area contributed by atoms with Crippen molar-refractivity contribution in [2.45, 2.75) is 74.5 Å². The van der Waals surface area contributed by atoms with Crippen LogP contribution in [0.15, 0.2) is 36.7 Å². The molecule has 0 aromatic carbocycles. The fourth-order valence-electron chi connectivity index (χ4n) is 6.76. The number of aromatic nitrogens is 2. The number of nitrogens with zero attached hydrogens (tertiary/aromatic N) is 4. The van der Waals surface area contributed by atoms with Crippen molar-refractivity contribution >= 4 is 35.0 Å². The maximum Gasteiger partial charge on any atom is 0.312 e. The molecule has 4 aliphatic heterocycles. The molecule has 0 aliphatic carbocycles. The quantitative estimate of drug-likeness (QED) is 0.487. The number of fused-ring (bicyclic) bond motifs is 4. The van der Waals surface area contributed by atoms with Gasteiger partial charge < -0.3 is 9.80 Å². The third-order valence-electron chi connectivity index (χ3n) is 8.08. The molecule has 2 aromatic heterocycles. The number of hydrogen-bond donors (Lipinski definition) is 0. The molecule has 6 heterocycles. The lowest BCUT2D eigenvalue weighted by molar-refractivity contribution is -0.153. The summed E-state index contributed by atoms with van der Waals surface area (Å²) in [4.78, 5) is 39.2. The highest BCUT2D eigenvalue weighted by Crippen LogP contribution is 2.49. The Morgan fingerprint density at radius 1 is 0.719 bits per heavy atom. The lowest BCUT2D eigenvalue weighted by Gasteiger charge is -2.29. The molecule has 8 heteroatoms. The van der Waals surface area contributed by atoms with E-state index in [0.717, 1.165) is 49.7 Å². The summed E-state index contributed by atoms with van der Waals surface area (Å²) in [7, 11) is 0. The first kappa shape index (κ1) is 20.4. The van der Waals surface area contributed by atoms with Crippen LogP contribution in [-0.2, 0) is 9.59 Å². The first-order valence-electron chi connectivity index (χ1n) is 11.4. The van der Waals surface area contributed by atoms with Crippen molar-refractivity contribution in [1.29, 1.82) is 0 Å². The van der Waals surface area contributed by atoms with Crippen molar-refractivity contribution in [3.05, 3.63) is 58.1 Å². The van der Waals surface area contributed by atoms with E-state index in [0.29, 0.717) is 10.3 Å². The summed E-state index contributed by atoms with van der Waals surface area (Å²) in [5.74, 6) is -0.209. The Hall–Kier alpha value is -2.18. The first-order valence-corrected chi connectivity index (χ1v) is 12.1. The monoisotopic (exact) mass is 470 g/mol. The molecule has 6 nitrogen and oxygen atoms in total. The smallest absolute Gasteiger partial charge is 0.312 e. The van der Waals surface area contributed by atoms with Gasteiger partial charge in [0.1, 0.15) is 10.3 Å². The Morgan fingerprint density at radius 2 is 1.16 bits per heavy atom. The Labute approximate surface area is 196 Å². The minimum absolute atomic E-state index is 0.0657. The molecule has 6 unspecified atom stereocenters. The van der Waals surface area contributed by atoms with Crippen molar-refractivity contribution in [2.75, 3.05) is 0 Å². The number of carbonyl (C=O) groups excluding carboxylic acids is 2. The predicted octanol–water partition coefficient (Wildman–Crippen LogP) is 4.18. The fraction of sp³-hybridized carbons (Fsp3) is 0.500. The van der Waals surface area contributed by atoms with Crippen molar-refractivity contribution in [3.8, 4) is 0 Å². The number of amides is 2. The largest absolute Gasteiger partial charge is 0.328 e. The van der Waals surface area contributed by atoms with Crippen LogP contribution in [-0.4, -0.2) is 55.7 Å². The molecule has 4 fully saturated rings. The number of hydrogen-bond acceptors (Lipinski definition) is 4. The van der Waals surface area contributed by atoms with Crippen molar-refractivity contribution in [3.63, 3.8) is 0 Å². The molecule has 4 aliphatic rings. The average Bonchev–Trinajstić information content (AvgIpc) is 3.58. The van der Waals surface area contributed by atoms with Crippen LogP contribution in [0.25, 0.3) is 0 Å². The van der Waals surface area contributed by atoms with E-state index in [1.165, 1.54) is 0 Å². The zero-order valence-corrected chi connectivity index (χ0v) is 19.0. The molecule has 6 atom stereocenters. The summed E-state index contributed by atoms with van der Waals surface area (Å²) in [6, 6.07) is 7.99. The van der Waals surface area contributed by atoms with E-state index in [1.807, 2.05) is 34.3 Å². The van der Waals surface area contributed by atoms with Crippen molar-refractivity contribution in [1.82, 2.24) is 19.8 Å². The highest BCUT2D eigenvalue weighted by Gasteiger charge is 2.55. The highest BCUT2D eigenvalue weighted by molar-refractivity contribution is 6.35. The molecule has 166 valence electrons. The van der Waals surface area contributed by atoms with Gasteiger partial charge in [-0.3, -0.25) is 9.59 Å². The van der Waals surface area contributed by atoms with E-state index >= 15 is 0 Å². The topological polar surface area (TPSA) is 66.4 Å². The van der Waals surface area contributed by atoms with Gasteiger partial charge in [0.2, 0.25) is 0 Å². The number of halogens is 2. The van der Waals surface area contributed by atoms with E-state index in [1.54, 1.807) is 12.1 Å². The molecule has 4 saturated heterocycles. The molecule has 0 spiro atoms. The predicted molar refractivity (Wildman–Crippen MR) is 121 cm³/mol. The van der Waals surface area contributed by atoms with E-state index in [4.69, 9.17) is 23.2 Å². The van der Waals surface area contributed by atoms with Gasteiger partial charge in [-0.1, -0.05) is 35.3 Å². The van der Waals surface area contributed by atoms with Crippen LogP contribution < -0.4 is 0 Å². The average molecular weight is 471 g/mol. The Bertz CT molecular complexity index is 975. The Balaban J connectivity index is 1.21. The third-order valence-corrected chi connectivity index (χ3v) is 8.53. The first-order chi connectivity index (χ1) is 15.5. The summed E-state index contributed by atoms with van der Waals surface area (Å²) in [5.41, 5.74) is 2.20. The van der Waals surface area contributed by atoms with E-state index in [-0.39, 0.29) is 47.8 Å². The molecular formula is C24H24Cl2N4O2. The second kappa shape index (κ2) is 7.70. The van der Waals surface area contributed by atoms with Crippen LogP contribution >= 0.6 is 23.2 Å². The van der Waals surface area contributed by atoms with Gasteiger partial charge in [-0.2, -0.15) is 0 Å².